The molecule has 0 bridgehead atoms. The Hall–Kier alpha value is -2.40. The van der Waals surface area contributed by atoms with Crippen LogP contribution in [0.4, 0.5) is 4.39 Å². The molecule has 4 nitrogen and oxygen atoms in total. The Morgan fingerprint density at radius 2 is 1.52 bits per heavy atom. The van der Waals surface area contributed by atoms with Gasteiger partial charge in [-0.25, -0.2) is 15.8 Å². The largest absolute Gasteiger partial charge is 0.385 e. The highest BCUT2D eigenvalue weighted by molar-refractivity contribution is 5.82. The van der Waals surface area contributed by atoms with Crippen molar-refractivity contribution in [2.24, 2.45) is 16.7 Å². The second kappa shape index (κ2) is 8.62. The van der Waals surface area contributed by atoms with E-state index in [1.54, 1.807) is 11.1 Å². The molecule has 1 saturated carbocycles. The number of nitrogens with one attached hydrogen (secondary N) is 1. The topological polar surface area (TPSA) is 76.4 Å². The second-order valence-corrected chi connectivity index (χ2v) is 10.4. The average Bonchev–Trinajstić information content (AvgIpc) is 3.45. The lowest BCUT2D eigenvalue weighted by Crippen LogP contribution is -2.33. The molecule has 0 spiro atoms. The van der Waals surface area contributed by atoms with Gasteiger partial charge in [0, 0.05) is 6.42 Å². The molecular weight excluding hydrogens is 387 g/mol. The zero-order valence-corrected chi connectivity index (χ0v) is 19.6. The quantitative estimate of drug-likeness (QED) is 0.271. The summed E-state index contributed by atoms with van der Waals surface area (Å²) in [5, 5.41) is 3.65. The van der Waals surface area contributed by atoms with Crippen LogP contribution in [-0.4, -0.2) is 5.84 Å². The number of hydrazone groups is 1. The van der Waals surface area contributed by atoms with Crippen molar-refractivity contribution in [1.29, 1.82) is 0 Å². The molecule has 0 radical (unpaired) electrons. The van der Waals surface area contributed by atoms with Crippen LogP contribution in [0.3, 0.4) is 0 Å². The molecule has 0 atom stereocenters. The maximum atomic E-state index is 13.7. The molecule has 1 fully saturated rings. The van der Waals surface area contributed by atoms with Gasteiger partial charge in [-0.05, 0) is 65.7 Å². The van der Waals surface area contributed by atoms with Gasteiger partial charge in [0.05, 0.1) is 0 Å². The lowest BCUT2D eigenvalue weighted by atomic mass is 9.63. The highest BCUT2D eigenvalue weighted by atomic mass is 19.1. The highest BCUT2D eigenvalue weighted by Gasteiger charge is 2.44. The number of rotatable bonds is 4. The third kappa shape index (κ3) is 5.45. The van der Waals surface area contributed by atoms with Gasteiger partial charge in [-0.15, -0.1) is 0 Å². The second-order valence-electron chi connectivity index (χ2n) is 10.4. The summed E-state index contributed by atoms with van der Waals surface area (Å²) >= 11 is 0. The number of halogens is 1. The van der Waals surface area contributed by atoms with Gasteiger partial charge < -0.3 is 5.73 Å². The van der Waals surface area contributed by atoms with Crippen LogP contribution in [-0.2, 0) is 22.9 Å². The van der Waals surface area contributed by atoms with Crippen LogP contribution in [0, 0.1) is 6.92 Å². The number of alkyl halides is 1. The Balaban J connectivity index is 0.000000176. The molecule has 4 rings (SSSR count). The molecule has 2 aromatic carbocycles. The van der Waals surface area contributed by atoms with Gasteiger partial charge in [0.15, 0.2) is 0 Å². The van der Waals surface area contributed by atoms with E-state index in [1.165, 1.54) is 18.4 Å². The molecule has 0 saturated heterocycles. The molecular formula is C26H37FN4. The third-order valence-corrected chi connectivity index (χ3v) is 6.76. The van der Waals surface area contributed by atoms with E-state index in [-0.39, 0.29) is 0 Å². The molecule has 2 aliphatic rings. The zero-order valence-electron chi connectivity index (χ0n) is 19.6. The van der Waals surface area contributed by atoms with Crippen molar-refractivity contribution in [2.75, 3.05) is 0 Å². The Morgan fingerprint density at radius 3 is 2.06 bits per heavy atom. The van der Waals surface area contributed by atoms with Crippen molar-refractivity contribution in [3.63, 3.8) is 0 Å². The van der Waals surface area contributed by atoms with Crippen LogP contribution in [0.1, 0.15) is 81.2 Å². The predicted octanol–water partition coefficient (Wildman–Crippen LogP) is 5.27. The van der Waals surface area contributed by atoms with Crippen LogP contribution >= 0.6 is 0 Å². The minimum atomic E-state index is -1.07. The molecule has 0 aliphatic heterocycles. The van der Waals surface area contributed by atoms with Gasteiger partial charge in [-0.1, -0.05) is 75.7 Å². The fourth-order valence-electron chi connectivity index (χ4n) is 4.35. The lowest BCUT2D eigenvalue weighted by molar-refractivity contribution is 0.317. The molecule has 0 amide bonds. The summed E-state index contributed by atoms with van der Waals surface area (Å²) in [7, 11) is 0. The normalized spacial score (nSPS) is 20.2. The maximum absolute atomic E-state index is 13.7. The van der Waals surface area contributed by atoms with Gasteiger partial charge >= 0.3 is 0 Å². The van der Waals surface area contributed by atoms with Crippen LogP contribution in [0.2, 0.25) is 0 Å². The number of nitrogens with zero attached hydrogens (tertiary/aromatic N) is 1. The van der Waals surface area contributed by atoms with Crippen LogP contribution in [0.15, 0.2) is 47.6 Å². The first-order valence-corrected chi connectivity index (χ1v) is 11.1. The van der Waals surface area contributed by atoms with Gasteiger partial charge in [-0.3, -0.25) is 0 Å². The summed E-state index contributed by atoms with van der Waals surface area (Å²) in [5.74, 6) is 5.41. The van der Waals surface area contributed by atoms with Crippen molar-refractivity contribution >= 4 is 5.84 Å². The van der Waals surface area contributed by atoms with Crippen molar-refractivity contribution in [2.45, 2.75) is 83.2 Å². The van der Waals surface area contributed by atoms with Crippen molar-refractivity contribution in [1.82, 2.24) is 5.53 Å². The Kier molecular flexibility index (Phi) is 6.47. The minimum Gasteiger partial charge on any atom is -0.385 e. The van der Waals surface area contributed by atoms with E-state index in [1.807, 2.05) is 24.3 Å². The Morgan fingerprint density at radius 1 is 0.935 bits per heavy atom. The smallest absolute Gasteiger partial charge is 0.136 e. The number of hydrogen-bond donors (Lipinski definition) is 3. The van der Waals surface area contributed by atoms with E-state index in [9.17, 15) is 4.39 Å². The van der Waals surface area contributed by atoms with E-state index in [0.29, 0.717) is 35.9 Å². The predicted molar refractivity (Wildman–Crippen MR) is 128 cm³/mol. The van der Waals surface area contributed by atoms with E-state index in [4.69, 9.17) is 11.6 Å². The number of nitrogens with two attached hydrogens (primary N) is 2. The van der Waals surface area contributed by atoms with E-state index in [0.717, 1.165) is 11.1 Å². The summed E-state index contributed by atoms with van der Waals surface area (Å²) in [6.07, 6.45) is 4.37. The summed E-state index contributed by atoms with van der Waals surface area (Å²) in [4.78, 5) is 0. The zero-order chi connectivity index (χ0) is 22.9. The first kappa shape index (κ1) is 23.3. The maximum Gasteiger partial charge on any atom is 0.136 e. The fraction of sp³-hybridized carbons (Fsp3) is 0.500. The fourth-order valence-corrected chi connectivity index (χ4v) is 4.35. The standard InChI is InChI=1S/C15H22.C11H15FN4/c1-11-6-7-12-13(10-11)15(4,5)9-8-14(12,2)3;12-11(5-6-11)9-3-1-8(2-4-9)7-10(13)15-16-14/h6-7,10H,8-9H2,1-5H3;1-4,16H,5-7,14H2,(H2,13,15). The van der Waals surface area contributed by atoms with Crippen LogP contribution in [0.25, 0.3) is 0 Å². The molecule has 5 N–H and O–H groups in total. The number of aryl methyl sites for hydroxylation is 1. The molecule has 2 aromatic rings. The first-order chi connectivity index (χ1) is 14.5. The summed E-state index contributed by atoms with van der Waals surface area (Å²) in [6.45, 7) is 11.7. The molecule has 0 aromatic heterocycles. The van der Waals surface area contributed by atoms with Crippen LogP contribution < -0.4 is 17.1 Å². The third-order valence-electron chi connectivity index (χ3n) is 6.76. The summed E-state index contributed by atoms with van der Waals surface area (Å²) < 4.78 is 13.7. The average molecular weight is 425 g/mol. The van der Waals surface area contributed by atoms with Gasteiger partial charge in [0.25, 0.3) is 0 Å². The highest BCUT2D eigenvalue weighted by Crippen LogP contribution is 2.49. The Bertz CT molecular complexity index is 940. The van der Waals surface area contributed by atoms with Gasteiger partial charge in [0.1, 0.15) is 11.5 Å². The van der Waals surface area contributed by atoms with Crippen molar-refractivity contribution in [3.05, 3.63) is 70.3 Å². The molecule has 5 heteroatoms. The SMILES string of the molecule is Cc1ccc2c(c1)C(C)(C)CCC2(C)C.NN/N=C(\N)Cc1ccc(C2(F)CC2)cc1. The molecule has 0 unspecified atom stereocenters. The Labute approximate surface area is 186 Å². The van der Waals surface area contributed by atoms with Crippen molar-refractivity contribution < 1.29 is 4.39 Å². The van der Waals surface area contributed by atoms with E-state index < -0.39 is 5.67 Å². The van der Waals surface area contributed by atoms with Gasteiger partial charge in [-0.2, -0.15) is 5.10 Å². The molecule has 2 aliphatic carbocycles. The number of hydrazine groups is 1. The number of fused-ring (bicyclic) bond motifs is 1. The van der Waals surface area contributed by atoms with E-state index >= 15 is 0 Å². The summed E-state index contributed by atoms with van der Waals surface area (Å²) in [5.41, 5.74) is 13.6. The molecule has 0 heterocycles. The summed E-state index contributed by atoms with van der Waals surface area (Å²) in [6, 6.07) is 14.3. The molecule has 168 valence electrons. The minimum absolute atomic E-state index is 0.358. The molecule has 31 heavy (non-hydrogen) atoms. The number of hydrogen-bond acceptors (Lipinski definition) is 3. The number of amidine groups is 1. The monoisotopic (exact) mass is 424 g/mol. The number of benzene rings is 2. The van der Waals surface area contributed by atoms with Crippen LogP contribution in [0.5, 0.6) is 0 Å². The van der Waals surface area contributed by atoms with Crippen molar-refractivity contribution in [3.8, 4) is 0 Å². The van der Waals surface area contributed by atoms with Gasteiger partial charge in [0.2, 0.25) is 0 Å². The van der Waals surface area contributed by atoms with E-state index in [2.05, 4.69) is 63.5 Å². The lowest BCUT2D eigenvalue weighted by Gasteiger charge is -2.42. The first-order valence-electron chi connectivity index (χ1n) is 11.1.